The summed E-state index contributed by atoms with van der Waals surface area (Å²) in [6.45, 7) is 6.03. The summed E-state index contributed by atoms with van der Waals surface area (Å²) in [5.74, 6) is 0. The van der Waals surface area contributed by atoms with Crippen LogP contribution in [0.2, 0.25) is 0 Å². The molecule has 0 aromatic rings. The number of nitrogens with zero attached hydrogens (tertiary/aromatic N) is 1. The fraction of sp³-hybridized carbons (Fsp3) is 0.571. The van der Waals surface area contributed by atoms with Crippen molar-refractivity contribution in [1.82, 2.24) is 0 Å². The van der Waals surface area contributed by atoms with Crippen LogP contribution in [0.4, 0.5) is 0 Å². The van der Waals surface area contributed by atoms with E-state index in [4.69, 9.17) is 5.26 Å². The fourth-order valence-corrected chi connectivity index (χ4v) is 0.295. The lowest BCUT2D eigenvalue weighted by atomic mass is 10.1. The van der Waals surface area contributed by atoms with Crippen LogP contribution >= 0.6 is 0 Å². The Kier molecular flexibility index (Phi) is 2.95. The van der Waals surface area contributed by atoms with Gasteiger partial charge >= 0.3 is 0 Å². The zero-order valence-electron chi connectivity index (χ0n) is 5.65. The molecule has 1 nitrogen and oxygen atoms in total. The molecule has 0 aromatic heterocycles. The second kappa shape index (κ2) is 3.26. The minimum atomic E-state index is 0.572. The Labute approximate surface area is 50.6 Å². The van der Waals surface area contributed by atoms with Crippen LogP contribution in [0.1, 0.15) is 27.2 Å². The van der Waals surface area contributed by atoms with Gasteiger partial charge in [-0.15, -0.1) is 0 Å². The summed E-state index contributed by atoms with van der Waals surface area (Å²) in [7, 11) is 0. The molecule has 0 radical (unpaired) electrons. The SMILES string of the molecule is CC(C)=C(C)CC#N. The molecule has 0 atom stereocenters. The van der Waals surface area contributed by atoms with Crippen molar-refractivity contribution in [2.45, 2.75) is 27.2 Å². The van der Waals surface area contributed by atoms with Crippen molar-refractivity contribution in [2.75, 3.05) is 0 Å². The lowest BCUT2D eigenvalue weighted by Gasteiger charge is -1.93. The van der Waals surface area contributed by atoms with E-state index >= 15 is 0 Å². The van der Waals surface area contributed by atoms with Crippen molar-refractivity contribution in [1.29, 1.82) is 5.26 Å². The van der Waals surface area contributed by atoms with Gasteiger partial charge in [-0.3, -0.25) is 0 Å². The third kappa shape index (κ3) is 2.41. The summed E-state index contributed by atoms with van der Waals surface area (Å²) >= 11 is 0. The molecule has 0 heterocycles. The van der Waals surface area contributed by atoms with Gasteiger partial charge in [0.15, 0.2) is 0 Å². The van der Waals surface area contributed by atoms with Gasteiger partial charge in [0.25, 0.3) is 0 Å². The number of nitriles is 1. The standard InChI is InChI=1S/C7H11N/c1-6(2)7(3)4-5-8/h4H2,1-3H3. The van der Waals surface area contributed by atoms with Crippen molar-refractivity contribution in [3.05, 3.63) is 11.1 Å². The first-order valence-corrected chi connectivity index (χ1v) is 2.68. The van der Waals surface area contributed by atoms with Gasteiger partial charge in [0.05, 0.1) is 12.5 Å². The maximum absolute atomic E-state index is 8.20. The van der Waals surface area contributed by atoms with Crippen LogP contribution in [-0.2, 0) is 0 Å². The molecule has 0 aromatic carbocycles. The van der Waals surface area contributed by atoms with E-state index in [1.165, 1.54) is 11.1 Å². The third-order valence-corrected chi connectivity index (χ3v) is 1.20. The Bertz CT molecular complexity index is 133. The normalized spacial score (nSPS) is 7.75. The zero-order chi connectivity index (χ0) is 6.57. The Balaban J connectivity index is 3.85. The highest BCUT2D eigenvalue weighted by Gasteiger charge is 1.87. The highest BCUT2D eigenvalue weighted by Crippen LogP contribution is 2.04. The van der Waals surface area contributed by atoms with Gasteiger partial charge in [-0.25, -0.2) is 0 Å². The minimum absolute atomic E-state index is 0.572. The van der Waals surface area contributed by atoms with E-state index in [1.54, 1.807) is 0 Å². The summed E-state index contributed by atoms with van der Waals surface area (Å²) in [5, 5.41) is 8.20. The van der Waals surface area contributed by atoms with Crippen LogP contribution in [0, 0.1) is 11.3 Å². The van der Waals surface area contributed by atoms with Gasteiger partial charge in [-0.2, -0.15) is 5.26 Å². The van der Waals surface area contributed by atoms with Gasteiger partial charge in [-0.1, -0.05) is 11.1 Å². The van der Waals surface area contributed by atoms with Gasteiger partial charge < -0.3 is 0 Å². The van der Waals surface area contributed by atoms with Crippen molar-refractivity contribution in [3.63, 3.8) is 0 Å². The molecule has 0 saturated heterocycles. The number of hydrogen-bond acceptors (Lipinski definition) is 1. The van der Waals surface area contributed by atoms with Gasteiger partial charge in [0.1, 0.15) is 0 Å². The van der Waals surface area contributed by atoms with Crippen LogP contribution in [0.15, 0.2) is 11.1 Å². The summed E-state index contributed by atoms with van der Waals surface area (Å²) in [5.41, 5.74) is 2.44. The Morgan fingerprint density at radius 1 is 1.38 bits per heavy atom. The van der Waals surface area contributed by atoms with Gasteiger partial charge in [0.2, 0.25) is 0 Å². The molecule has 0 N–H and O–H groups in total. The van der Waals surface area contributed by atoms with Crippen molar-refractivity contribution in [3.8, 4) is 6.07 Å². The second-order valence-corrected chi connectivity index (χ2v) is 2.12. The average Bonchev–Trinajstić information content (AvgIpc) is 1.67. The number of rotatable bonds is 1. The topological polar surface area (TPSA) is 23.8 Å². The molecule has 0 unspecified atom stereocenters. The van der Waals surface area contributed by atoms with E-state index < -0.39 is 0 Å². The monoisotopic (exact) mass is 109 g/mol. The molecule has 0 amide bonds. The summed E-state index contributed by atoms with van der Waals surface area (Å²) < 4.78 is 0. The second-order valence-electron chi connectivity index (χ2n) is 2.12. The van der Waals surface area contributed by atoms with E-state index in [1.807, 2.05) is 20.8 Å². The summed E-state index contributed by atoms with van der Waals surface area (Å²) in [4.78, 5) is 0. The fourth-order valence-electron chi connectivity index (χ4n) is 0.295. The van der Waals surface area contributed by atoms with E-state index in [9.17, 15) is 0 Å². The summed E-state index contributed by atoms with van der Waals surface area (Å²) in [6, 6.07) is 2.09. The van der Waals surface area contributed by atoms with Gasteiger partial charge in [0, 0.05) is 0 Å². The maximum Gasteiger partial charge on any atom is 0.0666 e. The summed E-state index contributed by atoms with van der Waals surface area (Å²) in [6.07, 6.45) is 0.572. The predicted octanol–water partition coefficient (Wildman–Crippen LogP) is 2.26. The molecule has 0 aliphatic heterocycles. The molecule has 0 aliphatic rings. The maximum atomic E-state index is 8.20. The lowest BCUT2D eigenvalue weighted by molar-refractivity contribution is 1.14. The van der Waals surface area contributed by atoms with E-state index in [0.29, 0.717) is 6.42 Å². The Morgan fingerprint density at radius 2 is 1.88 bits per heavy atom. The number of hydrogen-bond donors (Lipinski definition) is 0. The quantitative estimate of drug-likeness (QED) is 0.474. The minimum Gasteiger partial charge on any atom is -0.198 e. The molecular weight excluding hydrogens is 98.1 g/mol. The molecule has 0 saturated carbocycles. The molecular formula is C7H11N. The Hall–Kier alpha value is -0.770. The van der Waals surface area contributed by atoms with Crippen LogP contribution in [0.3, 0.4) is 0 Å². The van der Waals surface area contributed by atoms with Crippen LogP contribution in [-0.4, -0.2) is 0 Å². The first-order valence-electron chi connectivity index (χ1n) is 2.68. The lowest BCUT2D eigenvalue weighted by Crippen LogP contribution is -1.75. The largest absolute Gasteiger partial charge is 0.198 e. The average molecular weight is 109 g/mol. The van der Waals surface area contributed by atoms with Crippen molar-refractivity contribution < 1.29 is 0 Å². The van der Waals surface area contributed by atoms with E-state index in [0.717, 1.165) is 0 Å². The number of allylic oxidation sites excluding steroid dienone is 2. The van der Waals surface area contributed by atoms with Crippen LogP contribution < -0.4 is 0 Å². The molecule has 1 heteroatoms. The zero-order valence-corrected chi connectivity index (χ0v) is 5.65. The van der Waals surface area contributed by atoms with E-state index in [-0.39, 0.29) is 0 Å². The molecule has 0 bridgehead atoms. The third-order valence-electron chi connectivity index (χ3n) is 1.20. The van der Waals surface area contributed by atoms with Crippen LogP contribution in [0.25, 0.3) is 0 Å². The van der Waals surface area contributed by atoms with Gasteiger partial charge in [-0.05, 0) is 20.8 Å². The predicted molar refractivity (Wildman–Crippen MR) is 34.3 cm³/mol. The Morgan fingerprint density at radius 3 is 2.00 bits per heavy atom. The smallest absolute Gasteiger partial charge is 0.0666 e. The molecule has 0 rings (SSSR count). The molecule has 44 valence electrons. The highest BCUT2D eigenvalue weighted by atomic mass is 14.2. The highest BCUT2D eigenvalue weighted by molar-refractivity contribution is 5.10. The molecule has 0 spiro atoms. The molecule has 0 fully saturated rings. The molecule has 0 aliphatic carbocycles. The van der Waals surface area contributed by atoms with Crippen molar-refractivity contribution in [2.24, 2.45) is 0 Å². The van der Waals surface area contributed by atoms with Crippen molar-refractivity contribution >= 4 is 0 Å². The first kappa shape index (κ1) is 7.23. The molecule has 8 heavy (non-hydrogen) atoms. The van der Waals surface area contributed by atoms with Crippen LogP contribution in [0.5, 0.6) is 0 Å². The van der Waals surface area contributed by atoms with E-state index in [2.05, 4.69) is 6.07 Å². The first-order chi connectivity index (χ1) is 3.68.